The Kier molecular flexibility index (Phi) is 15.3. The van der Waals surface area contributed by atoms with Gasteiger partial charge in [0.1, 0.15) is 33.5 Å². The van der Waals surface area contributed by atoms with E-state index in [1.807, 2.05) is 12.1 Å². The molecule has 0 radical (unpaired) electrons. The standard InChI is InChI=1S/C63H40O2.C59H38O/c1-63(2)55-26-22-40(32-50(55)51-31-38-12-3-4-13-39(38)36-56(51)63)42-24-28-59-53(34-42)54-35-44(25-29-60(54)65-59)62-48-19-7-5-17-46(48)61(47-18-6-8-20-49(47)62)43-15-11-14-37(30-43)41-23-27-58-52(33-41)45-16-9-10-21-57(45)64-58;1-59(2)53-27-23-38(31-49(53)50-30-36-13-3-4-14-37(36)34-54(50)59)39-24-28-55-51(32-39)52-33-40(25-29-56(52)60-55)57-45-16-7-9-18-47(45)58(48-19-10-8-17-46(48)57)44-21-11-20-42-41-15-6-5-12-35(41)22-26-43(42)44/h3-36H,1-2H3;3-34H,1-2H3. The highest BCUT2D eigenvalue weighted by Crippen LogP contribution is 2.56. The van der Waals surface area contributed by atoms with Crippen molar-refractivity contribution < 1.29 is 13.3 Å². The van der Waals surface area contributed by atoms with E-state index < -0.39 is 0 Å². The van der Waals surface area contributed by atoms with Gasteiger partial charge in [-0.05, 0) is 318 Å². The predicted molar refractivity (Wildman–Crippen MR) is 528 cm³/mol. The fraction of sp³-hybridized carbons (Fsp3) is 0.0492. The van der Waals surface area contributed by atoms with E-state index in [2.05, 4.69) is 416 Å². The van der Waals surface area contributed by atoms with Crippen molar-refractivity contribution in [1.29, 1.82) is 0 Å². The topological polar surface area (TPSA) is 39.4 Å². The molecule has 2 aliphatic carbocycles. The summed E-state index contributed by atoms with van der Waals surface area (Å²) in [6.07, 6.45) is 0. The van der Waals surface area contributed by atoms with E-state index in [1.165, 1.54) is 209 Å². The maximum Gasteiger partial charge on any atom is 0.135 e. The van der Waals surface area contributed by atoms with Crippen LogP contribution >= 0.6 is 0 Å². The Bertz CT molecular complexity index is 8890. The second-order valence-electron chi connectivity index (χ2n) is 35.6. The molecule has 0 saturated carbocycles. The number of hydrogen-bond donors (Lipinski definition) is 0. The van der Waals surface area contributed by atoms with Gasteiger partial charge < -0.3 is 13.3 Å². The third-order valence-electron chi connectivity index (χ3n) is 28.0. The average molecular weight is 1590 g/mol. The third-order valence-corrected chi connectivity index (χ3v) is 28.0. The average Bonchev–Trinajstić information content (AvgIpc) is 1.60. The van der Waals surface area contributed by atoms with Gasteiger partial charge in [-0.25, -0.2) is 0 Å². The molecule has 25 aromatic rings. The quantitative estimate of drug-likeness (QED) is 0.118. The fourth-order valence-corrected chi connectivity index (χ4v) is 22.0. The number of benzene rings is 22. The molecular weight excluding hydrogens is 1510 g/mol. The lowest BCUT2D eigenvalue weighted by molar-refractivity contribution is 0.661. The molecule has 3 nitrogen and oxygen atoms in total. The van der Waals surface area contributed by atoms with E-state index in [-0.39, 0.29) is 10.8 Å². The molecule has 3 heterocycles. The second kappa shape index (κ2) is 26.9. The molecule has 2 aliphatic rings. The molecule has 0 saturated heterocycles. The van der Waals surface area contributed by atoms with E-state index in [1.54, 1.807) is 0 Å². The van der Waals surface area contributed by atoms with Crippen molar-refractivity contribution in [2.75, 3.05) is 0 Å². The maximum atomic E-state index is 6.56. The first-order valence-corrected chi connectivity index (χ1v) is 43.5. The molecule has 3 aromatic heterocycles. The molecule has 0 spiro atoms. The molecule has 0 N–H and O–H groups in total. The predicted octanol–water partition coefficient (Wildman–Crippen LogP) is 34.6. The van der Waals surface area contributed by atoms with E-state index in [9.17, 15) is 0 Å². The Balaban J connectivity index is 0.000000134. The molecule has 0 unspecified atom stereocenters. The summed E-state index contributed by atoms with van der Waals surface area (Å²) in [5.41, 5.74) is 33.1. The number of fused-ring (bicyclic) bond motifs is 24. The molecule has 0 aliphatic heterocycles. The smallest absolute Gasteiger partial charge is 0.135 e. The Morgan fingerprint density at radius 1 is 0.144 bits per heavy atom. The van der Waals surface area contributed by atoms with Crippen molar-refractivity contribution in [2.45, 2.75) is 38.5 Å². The lowest BCUT2D eigenvalue weighted by atomic mass is 9.81. The summed E-state index contributed by atoms with van der Waals surface area (Å²) in [6.45, 7) is 9.44. The van der Waals surface area contributed by atoms with Crippen molar-refractivity contribution in [2.24, 2.45) is 0 Å². The highest BCUT2D eigenvalue weighted by Gasteiger charge is 2.38. The third kappa shape index (κ3) is 10.8. The van der Waals surface area contributed by atoms with Gasteiger partial charge in [-0.2, -0.15) is 0 Å². The van der Waals surface area contributed by atoms with Gasteiger partial charge in [0.05, 0.1) is 0 Å². The van der Waals surface area contributed by atoms with Gasteiger partial charge in [0.25, 0.3) is 0 Å². The molecule has 584 valence electrons. The number of rotatable bonds is 7. The summed E-state index contributed by atoms with van der Waals surface area (Å²) in [5, 5.41) is 26.9. The van der Waals surface area contributed by atoms with Crippen molar-refractivity contribution in [1.82, 2.24) is 0 Å². The molecule has 0 bridgehead atoms. The highest BCUT2D eigenvalue weighted by molar-refractivity contribution is 6.27. The summed E-state index contributed by atoms with van der Waals surface area (Å²) < 4.78 is 19.3. The Hall–Kier alpha value is -15.7. The van der Waals surface area contributed by atoms with Crippen molar-refractivity contribution in [3.8, 4) is 100 Å². The van der Waals surface area contributed by atoms with Crippen LogP contribution in [0.15, 0.2) is 414 Å². The molecule has 125 heavy (non-hydrogen) atoms. The van der Waals surface area contributed by atoms with E-state index in [4.69, 9.17) is 13.3 Å². The SMILES string of the molecule is CC1(C)c2ccc(-c3ccc4oc5ccc(-c6c7ccccc7c(-c7cccc(-c8ccc9oc%10ccccc%10c9c8)c7)c7ccccc67)cc5c4c3)cc2-c2cc3ccccc3cc21.CC1(C)c2ccc(-c3ccc4oc5ccc(-c6c7ccccc7c(-c7cccc8c7ccc7ccccc78)c7ccccc67)cc5c4c3)cc2-c2cc3ccccc3cc21. The van der Waals surface area contributed by atoms with Crippen molar-refractivity contribution >= 4 is 152 Å². The van der Waals surface area contributed by atoms with Gasteiger partial charge in [-0.1, -0.05) is 319 Å². The van der Waals surface area contributed by atoms with Crippen molar-refractivity contribution in [3.05, 3.63) is 423 Å². The van der Waals surface area contributed by atoms with Crippen LogP contribution in [0.3, 0.4) is 0 Å². The number of hydrogen-bond acceptors (Lipinski definition) is 3. The molecule has 27 rings (SSSR count). The Morgan fingerprint density at radius 2 is 0.432 bits per heavy atom. The molecule has 0 atom stereocenters. The van der Waals surface area contributed by atoms with E-state index in [0.717, 1.165) is 65.8 Å². The van der Waals surface area contributed by atoms with Crippen LogP contribution in [0.4, 0.5) is 0 Å². The van der Waals surface area contributed by atoms with Crippen LogP contribution in [0, 0.1) is 0 Å². The minimum atomic E-state index is -0.0721. The number of para-hydroxylation sites is 1. The van der Waals surface area contributed by atoms with Crippen LogP contribution in [0.5, 0.6) is 0 Å². The molecule has 3 heteroatoms. The van der Waals surface area contributed by atoms with Gasteiger partial charge in [-0.3, -0.25) is 0 Å². The summed E-state index contributed by atoms with van der Waals surface area (Å²) in [6, 6.07) is 148. The molecular formula is C122H78O3. The lowest BCUT2D eigenvalue weighted by Crippen LogP contribution is -2.14. The summed E-state index contributed by atoms with van der Waals surface area (Å²) in [4.78, 5) is 0. The lowest BCUT2D eigenvalue weighted by Gasteiger charge is -2.22. The first-order valence-electron chi connectivity index (χ1n) is 43.5. The fourth-order valence-electron chi connectivity index (χ4n) is 22.0. The van der Waals surface area contributed by atoms with Gasteiger partial charge >= 0.3 is 0 Å². The van der Waals surface area contributed by atoms with Gasteiger partial charge in [0.15, 0.2) is 0 Å². The zero-order valence-electron chi connectivity index (χ0n) is 69.3. The molecule has 22 aromatic carbocycles. The zero-order chi connectivity index (χ0) is 82.7. The van der Waals surface area contributed by atoms with E-state index in [0.29, 0.717) is 0 Å². The minimum Gasteiger partial charge on any atom is -0.456 e. The maximum absolute atomic E-state index is 6.56. The van der Waals surface area contributed by atoms with Gasteiger partial charge in [-0.15, -0.1) is 0 Å². The minimum absolute atomic E-state index is 0.0648. The van der Waals surface area contributed by atoms with E-state index >= 15 is 0 Å². The van der Waals surface area contributed by atoms with Crippen LogP contribution in [0.1, 0.15) is 49.9 Å². The Morgan fingerprint density at radius 3 is 0.872 bits per heavy atom. The largest absolute Gasteiger partial charge is 0.456 e. The first-order chi connectivity index (χ1) is 61.4. The normalized spacial score (nSPS) is 13.2. The first kappa shape index (κ1) is 71.1. The molecule has 0 fully saturated rings. The second-order valence-corrected chi connectivity index (χ2v) is 35.6. The Labute approximate surface area is 721 Å². The van der Waals surface area contributed by atoms with Crippen LogP contribution in [-0.2, 0) is 10.8 Å². The van der Waals surface area contributed by atoms with Crippen LogP contribution in [0.2, 0.25) is 0 Å². The monoisotopic (exact) mass is 1590 g/mol. The zero-order valence-corrected chi connectivity index (χ0v) is 69.3. The highest BCUT2D eigenvalue weighted by atomic mass is 16.3. The van der Waals surface area contributed by atoms with Crippen LogP contribution in [-0.4, -0.2) is 0 Å². The van der Waals surface area contributed by atoms with Crippen molar-refractivity contribution in [3.63, 3.8) is 0 Å². The summed E-state index contributed by atoms with van der Waals surface area (Å²) >= 11 is 0. The molecule has 0 amide bonds. The van der Waals surface area contributed by atoms with Crippen LogP contribution in [0.25, 0.3) is 252 Å². The van der Waals surface area contributed by atoms with Crippen LogP contribution < -0.4 is 0 Å². The summed E-state index contributed by atoms with van der Waals surface area (Å²) in [5.74, 6) is 0. The number of furan rings is 3. The van der Waals surface area contributed by atoms with Gasteiger partial charge in [0.2, 0.25) is 0 Å². The summed E-state index contributed by atoms with van der Waals surface area (Å²) in [7, 11) is 0. The van der Waals surface area contributed by atoms with Gasteiger partial charge in [0, 0.05) is 43.1 Å².